The predicted octanol–water partition coefficient (Wildman–Crippen LogP) is 8.06. The molecule has 6 heteroatoms. The first-order valence-corrected chi connectivity index (χ1v) is 13.3. The maximum atomic E-state index is 12.1. The van der Waals surface area contributed by atoms with Gasteiger partial charge >= 0.3 is 11.9 Å². The summed E-state index contributed by atoms with van der Waals surface area (Å²) in [6, 6.07) is 0. The summed E-state index contributed by atoms with van der Waals surface area (Å²) in [6.07, 6.45) is 10.9. The quantitative estimate of drug-likeness (QED) is 0.116. The second-order valence-electron chi connectivity index (χ2n) is 11.0. The molecule has 2 atom stereocenters. The molecule has 0 N–H and O–H groups in total. The van der Waals surface area contributed by atoms with Gasteiger partial charge in [-0.3, -0.25) is 9.59 Å². The summed E-state index contributed by atoms with van der Waals surface area (Å²) in [5, 5.41) is -1.21. The fourth-order valence-electron chi connectivity index (χ4n) is 3.70. The van der Waals surface area contributed by atoms with Crippen LogP contribution in [0.1, 0.15) is 120 Å². The SMILES string of the molecule is CC(C)OC(=O)C(Cl)C(C)(C)CCCCCCCCCCC(C)(C)C(Cl)C(=O)OC(C)C. The molecule has 0 amide bonds. The van der Waals surface area contributed by atoms with Crippen molar-refractivity contribution in [1.29, 1.82) is 0 Å². The van der Waals surface area contributed by atoms with Gasteiger partial charge in [0.2, 0.25) is 0 Å². The lowest BCUT2D eigenvalue weighted by molar-refractivity contribution is -0.150. The molecular formula is C26H48Cl2O4. The van der Waals surface area contributed by atoms with Crippen molar-refractivity contribution in [3.8, 4) is 0 Å². The Hall–Kier alpha value is -0.480. The highest BCUT2D eigenvalue weighted by Gasteiger charge is 2.35. The first kappa shape index (κ1) is 31.5. The van der Waals surface area contributed by atoms with Gasteiger partial charge in [-0.05, 0) is 51.4 Å². The van der Waals surface area contributed by atoms with E-state index in [-0.39, 0.29) is 35.0 Å². The van der Waals surface area contributed by atoms with Crippen LogP contribution in [0.3, 0.4) is 0 Å². The van der Waals surface area contributed by atoms with Crippen molar-refractivity contribution in [3.05, 3.63) is 0 Å². The van der Waals surface area contributed by atoms with E-state index in [9.17, 15) is 9.59 Å². The van der Waals surface area contributed by atoms with Gasteiger partial charge in [-0.15, -0.1) is 23.2 Å². The minimum Gasteiger partial charge on any atom is -0.462 e. The predicted molar refractivity (Wildman–Crippen MR) is 135 cm³/mol. The third-order valence-corrected chi connectivity index (χ3v) is 7.42. The molecule has 0 aliphatic carbocycles. The second kappa shape index (κ2) is 15.4. The van der Waals surface area contributed by atoms with Gasteiger partial charge in [0.25, 0.3) is 0 Å². The molecule has 2 unspecified atom stereocenters. The number of alkyl halides is 2. The normalized spacial score (nSPS) is 14.5. The van der Waals surface area contributed by atoms with E-state index >= 15 is 0 Å². The summed E-state index contributed by atoms with van der Waals surface area (Å²) in [5.74, 6) is -0.626. The molecule has 0 aliphatic rings. The van der Waals surface area contributed by atoms with E-state index in [4.69, 9.17) is 32.7 Å². The lowest BCUT2D eigenvalue weighted by Gasteiger charge is -2.29. The molecule has 0 bridgehead atoms. The second-order valence-corrected chi connectivity index (χ2v) is 11.9. The van der Waals surface area contributed by atoms with Crippen LogP contribution in [0.2, 0.25) is 0 Å². The van der Waals surface area contributed by atoms with Crippen molar-refractivity contribution < 1.29 is 19.1 Å². The monoisotopic (exact) mass is 494 g/mol. The Kier molecular flexibility index (Phi) is 15.2. The Morgan fingerprint density at radius 1 is 0.594 bits per heavy atom. The molecular weight excluding hydrogens is 447 g/mol. The summed E-state index contributed by atoms with van der Waals surface area (Å²) >= 11 is 12.7. The Morgan fingerprint density at radius 2 is 0.844 bits per heavy atom. The largest absolute Gasteiger partial charge is 0.462 e. The van der Waals surface area contributed by atoms with Crippen molar-refractivity contribution in [2.75, 3.05) is 0 Å². The number of hydrogen-bond donors (Lipinski definition) is 0. The van der Waals surface area contributed by atoms with Crippen LogP contribution < -0.4 is 0 Å². The van der Waals surface area contributed by atoms with Gasteiger partial charge in [0.1, 0.15) is 10.8 Å². The molecule has 0 aromatic carbocycles. The number of carbonyl (C=O) groups excluding carboxylic acids is 2. The highest BCUT2D eigenvalue weighted by atomic mass is 35.5. The average molecular weight is 496 g/mol. The fraction of sp³-hybridized carbons (Fsp3) is 0.923. The van der Waals surface area contributed by atoms with Crippen molar-refractivity contribution >= 4 is 35.1 Å². The van der Waals surface area contributed by atoms with E-state index in [0.29, 0.717) is 0 Å². The van der Waals surface area contributed by atoms with Gasteiger partial charge in [0.05, 0.1) is 12.2 Å². The van der Waals surface area contributed by atoms with E-state index in [0.717, 1.165) is 38.5 Å². The number of hydrogen-bond acceptors (Lipinski definition) is 4. The number of unbranched alkanes of at least 4 members (excludes halogenated alkanes) is 7. The first-order valence-electron chi connectivity index (χ1n) is 12.4. The van der Waals surface area contributed by atoms with E-state index in [2.05, 4.69) is 0 Å². The standard InChI is InChI=1S/C26H48Cl2O4/c1-19(2)31-23(29)21(27)25(5,6)17-15-13-11-9-10-12-14-16-18-26(7,8)22(28)24(30)32-20(3)4/h19-22H,9-18H2,1-8H3. The third kappa shape index (κ3) is 13.3. The smallest absolute Gasteiger partial charge is 0.324 e. The van der Waals surface area contributed by atoms with Gasteiger partial charge in [-0.25, -0.2) is 0 Å². The van der Waals surface area contributed by atoms with Crippen molar-refractivity contribution in [2.24, 2.45) is 10.8 Å². The van der Waals surface area contributed by atoms with Crippen LogP contribution in [-0.2, 0) is 19.1 Å². The van der Waals surface area contributed by atoms with E-state index in [1.807, 2.05) is 55.4 Å². The Bertz CT molecular complexity index is 496. The van der Waals surface area contributed by atoms with Crippen LogP contribution in [0, 0.1) is 10.8 Å². The number of ether oxygens (including phenoxy) is 2. The maximum Gasteiger partial charge on any atom is 0.324 e. The van der Waals surface area contributed by atoms with Crippen LogP contribution in [0.25, 0.3) is 0 Å². The van der Waals surface area contributed by atoms with E-state index in [1.165, 1.54) is 25.7 Å². The number of carbonyl (C=O) groups is 2. The molecule has 0 saturated carbocycles. The van der Waals surface area contributed by atoms with E-state index in [1.54, 1.807) is 0 Å². The van der Waals surface area contributed by atoms with Crippen molar-refractivity contribution in [1.82, 2.24) is 0 Å². The van der Waals surface area contributed by atoms with Crippen molar-refractivity contribution in [2.45, 2.75) is 143 Å². The number of rotatable bonds is 17. The molecule has 0 saturated heterocycles. The minimum atomic E-state index is -0.603. The average Bonchev–Trinajstić information content (AvgIpc) is 2.66. The molecule has 0 heterocycles. The topological polar surface area (TPSA) is 52.6 Å². The van der Waals surface area contributed by atoms with E-state index < -0.39 is 10.8 Å². The molecule has 0 rings (SSSR count). The zero-order valence-electron chi connectivity index (χ0n) is 21.8. The summed E-state index contributed by atoms with van der Waals surface area (Å²) in [6.45, 7) is 15.5. The third-order valence-electron chi connectivity index (χ3n) is 5.88. The first-order chi connectivity index (χ1) is 14.7. The maximum absolute atomic E-state index is 12.1. The molecule has 0 radical (unpaired) electrons. The number of esters is 2. The number of halogens is 2. The molecule has 0 aliphatic heterocycles. The molecule has 0 spiro atoms. The van der Waals surface area contributed by atoms with Crippen LogP contribution in [-0.4, -0.2) is 34.9 Å². The van der Waals surface area contributed by atoms with Gasteiger partial charge in [0.15, 0.2) is 0 Å². The van der Waals surface area contributed by atoms with Gasteiger partial charge < -0.3 is 9.47 Å². The van der Waals surface area contributed by atoms with Crippen LogP contribution in [0.5, 0.6) is 0 Å². The molecule has 190 valence electrons. The Labute approximate surface area is 207 Å². The fourth-order valence-corrected chi connectivity index (χ4v) is 4.02. The summed E-state index contributed by atoms with van der Waals surface area (Å²) in [4.78, 5) is 24.1. The van der Waals surface area contributed by atoms with Crippen LogP contribution >= 0.6 is 23.2 Å². The zero-order chi connectivity index (χ0) is 24.9. The molecule has 0 fully saturated rings. The Balaban J connectivity index is 3.92. The highest BCUT2D eigenvalue weighted by Crippen LogP contribution is 2.34. The van der Waals surface area contributed by atoms with Gasteiger partial charge in [-0.1, -0.05) is 79.1 Å². The molecule has 32 heavy (non-hydrogen) atoms. The minimum absolute atomic E-state index is 0.136. The zero-order valence-corrected chi connectivity index (χ0v) is 23.3. The molecule has 4 nitrogen and oxygen atoms in total. The highest BCUT2D eigenvalue weighted by molar-refractivity contribution is 6.30. The lowest BCUT2D eigenvalue weighted by atomic mass is 9.82. The summed E-state index contributed by atoms with van der Waals surface area (Å²) < 4.78 is 10.5. The lowest BCUT2D eigenvalue weighted by Crippen LogP contribution is -2.34. The summed E-state index contributed by atoms with van der Waals surface area (Å²) in [5.41, 5.74) is -0.523. The molecule has 0 aromatic heterocycles. The summed E-state index contributed by atoms with van der Waals surface area (Å²) in [7, 11) is 0. The van der Waals surface area contributed by atoms with Crippen molar-refractivity contribution in [3.63, 3.8) is 0 Å². The van der Waals surface area contributed by atoms with Gasteiger partial charge in [-0.2, -0.15) is 0 Å². The Morgan fingerprint density at radius 3 is 1.09 bits per heavy atom. The van der Waals surface area contributed by atoms with Crippen LogP contribution in [0.4, 0.5) is 0 Å². The molecule has 0 aromatic rings. The van der Waals surface area contributed by atoms with Gasteiger partial charge in [0, 0.05) is 0 Å². The van der Waals surface area contributed by atoms with Crippen LogP contribution in [0.15, 0.2) is 0 Å².